The lowest BCUT2D eigenvalue weighted by Crippen LogP contribution is -1.98. The number of benzene rings is 2. The molecule has 0 saturated heterocycles. The van der Waals surface area contributed by atoms with Gasteiger partial charge in [0.2, 0.25) is 0 Å². The molecule has 0 aliphatic rings. The number of hydrogen-bond acceptors (Lipinski definition) is 2. The number of anilines is 1. The standard InChI is InChI=1S/C21H21NO/c1-2-8-19(11-6-7-16-23)20-12-14-21(15-13-20)22-17-18-9-4-3-5-10-18/h2-6,8-16,22H,1,7,17H2/b11-6-,19-8+. The SMILES string of the molecule is C=C/C=C(\C=C/CC=O)c1ccc(NCc2ccccc2)cc1. The summed E-state index contributed by atoms with van der Waals surface area (Å²) >= 11 is 0. The maximum absolute atomic E-state index is 10.4. The van der Waals surface area contributed by atoms with E-state index in [1.165, 1.54) is 5.56 Å². The first-order chi connectivity index (χ1) is 11.3. The molecule has 0 heterocycles. The van der Waals surface area contributed by atoms with E-state index in [9.17, 15) is 4.79 Å². The zero-order valence-corrected chi connectivity index (χ0v) is 13.1. The van der Waals surface area contributed by atoms with E-state index in [4.69, 9.17) is 0 Å². The first-order valence-corrected chi connectivity index (χ1v) is 7.64. The smallest absolute Gasteiger partial charge is 0.123 e. The molecule has 2 heteroatoms. The second kappa shape index (κ2) is 9.21. The summed E-state index contributed by atoms with van der Waals surface area (Å²) in [5, 5.41) is 3.41. The average molecular weight is 303 g/mol. The average Bonchev–Trinajstić information content (AvgIpc) is 2.61. The van der Waals surface area contributed by atoms with Crippen LogP contribution in [-0.2, 0) is 11.3 Å². The Morgan fingerprint density at radius 1 is 1.04 bits per heavy atom. The molecule has 0 bridgehead atoms. The molecule has 0 atom stereocenters. The minimum Gasteiger partial charge on any atom is -0.381 e. The minimum absolute atomic E-state index is 0.422. The summed E-state index contributed by atoms with van der Waals surface area (Å²) in [7, 11) is 0. The van der Waals surface area contributed by atoms with E-state index in [1.807, 2.05) is 36.4 Å². The van der Waals surface area contributed by atoms with Crippen LogP contribution >= 0.6 is 0 Å². The van der Waals surface area contributed by atoms with E-state index in [2.05, 4.69) is 48.3 Å². The molecule has 1 N–H and O–H groups in total. The van der Waals surface area contributed by atoms with Crippen LogP contribution in [0.4, 0.5) is 5.69 Å². The van der Waals surface area contributed by atoms with Gasteiger partial charge in [-0.2, -0.15) is 0 Å². The summed E-state index contributed by atoms with van der Waals surface area (Å²) in [5.74, 6) is 0. The molecule has 116 valence electrons. The third-order valence-electron chi connectivity index (χ3n) is 3.38. The molecule has 0 radical (unpaired) electrons. The number of carbonyl (C=O) groups is 1. The predicted octanol–water partition coefficient (Wildman–Crippen LogP) is 5.01. The van der Waals surface area contributed by atoms with Gasteiger partial charge in [0.05, 0.1) is 0 Å². The van der Waals surface area contributed by atoms with E-state index >= 15 is 0 Å². The molecule has 0 saturated carbocycles. The molecule has 0 amide bonds. The van der Waals surface area contributed by atoms with Crippen molar-refractivity contribution >= 4 is 17.5 Å². The fourth-order valence-electron chi connectivity index (χ4n) is 2.21. The van der Waals surface area contributed by atoms with Crippen LogP contribution in [0.2, 0.25) is 0 Å². The molecule has 0 aromatic heterocycles. The second-order valence-corrected chi connectivity index (χ2v) is 5.08. The fourth-order valence-corrected chi connectivity index (χ4v) is 2.21. The molecular formula is C21H21NO. The maximum atomic E-state index is 10.4. The molecule has 0 fully saturated rings. The highest BCUT2D eigenvalue weighted by Crippen LogP contribution is 2.19. The first kappa shape index (κ1) is 16.5. The van der Waals surface area contributed by atoms with Crippen molar-refractivity contribution in [3.05, 3.63) is 96.6 Å². The molecule has 0 aliphatic carbocycles. The normalized spacial score (nSPS) is 11.4. The largest absolute Gasteiger partial charge is 0.381 e. The predicted molar refractivity (Wildman–Crippen MR) is 98.2 cm³/mol. The quantitative estimate of drug-likeness (QED) is 0.548. The van der Waals surface area contributed by atoms with Crippen molar-refractivity contribution in [2.24, 2.45) is 0 Å². The number of nitrogens with one attached hydrogen (secondary N) is 1. The Bertz CT molecular complexity index is 682. The van der Waals surface area contributed by atoms with Gasteiger partial charge in [0, 0.05) is 18.7 Å². The third kappa shape index (κ3) is 5.44. The molecule has 0 unspecified atom stereocenters. The van der Waals surface area contributed by atoms with E-state index in [-0.39, 0.29) is 0 Å². The molecule has 2 aromatic rings. The van der Waals surface area contributed by atoms with Gasteiger partial charge in [-0.3, -0.25) is 0 Å². The van der Waals surface area contributed by atoms with E-state index in [0.29, 0.717) is 6.42 Å². The van der Waals surface area contributed by atoms with Crippen molar-refractivity contribution in [2.75, 3.05) is 5.32 Å². The summed E-state index contributed by atoms with van der Waals surface area (Å²) in [6.45, 7) is 4.54. The van der Waals surface area contributed by atoms with Gasteiger partial charge in [0.25, 0.3) is 0 Å². The van der Waals surface area contributed by atoms with Crippen molar-refractivity contribution < 1.29 is 4.79 Å². The topological polar surface area (TPSA) is 29.1 Å². The lowest BCUT2D eigenvalue weighted by Gasteiger charge is -2.08. The molecule has 2 nitrogen and oxygen atoms in total. The third-order valence-corrected chi connectivity index (χ3v) is 3.38. The Morgan fingerprint density at radius 2 is 1.78 bits per heavy atom. The number of aldehydes is 1. The van der Waals surface area contributed by atoms with Gasteiger partial charge in [-0.05, 0) is 28.8 Å². The Balaban J connectivity index is 2.03. The van der Waals surface area contributed by atoms with Gasteiger partial charge in [-0.15, -0.1) is 0 Å². The van der Waals surface area contributed by atoms with E-state index in [1.54, 1.807) is 6.08 Å². The molecular weight excluding hydrogens is 282 g/mol. The van der Waals surface area contributed by atoms with Crippen LogP contribution in [0.5, 0.6) is 0 Å². The van der Waals surface area contributed by atoms with Gasteiger partial charge < -0.3 is 10.1 Å². The summed E-state index contributed by atoms with van der Waals surface area (Å²) in [6, 6.07) is 18.5. The molecule has 2 aromatic carbocycles. The van der Waals surface area contributed by atoms with Crippen LogP contribution in [0.3, 0.4) is 0 Å². The first-order valence-electron chi connectivity index (χ1n) is 7.64. The number of hydrogen-bond donors (Lipinski definition) is 1. The zero-order chi connectivity index (χ0) is 16.3. The van der Waals surface area contributed by atoms with Crippen LogP contribution < -0.4 is 5.32 Å². The Labute approximate surface area is 137 Å². The lowest BCUT2D eigenvalue weighted by atomic mass is 10.0. The Kier molecular flexibility index (Phi) is 6.61. The van der Waals surface area contributed by atoms with Crippen molar-refractivity contribution in [3.63, 3.8) is 0 Å². The lowest BCUT2D eigenvalue weighted by molar-refractivity contribution is -0.107. The van der Waals surface area contributed by atoms with Crippen LogP contribution in [0.1, 0.15) is 17.5 Å². The van der Waals surface area contributed by atoms with Gasteiger partial charge >= 0.3 is 0 Å². The number of rotatable bonds is 8. The van der Waals surface area contributed by atoms with E-state index < -0.39 is 0 Å². The highest BCUT2D eigenvalue weighted by molar-refractivity contribution is 5.76. The maximum Gasteiger partial charge on any atom is 0.123 e. The molecule has 23 heavy (non-hydrogen) atoms. The minimum atomic E-state index is 0.422. The van der Waals surface area contributed by atoms with Crippen molar-refractivity contribution in [3.8, 4) is 0 Å². The van der Waals surface area contributed by atoms with Gasteiger partial charge in [-0.1, -0.05) is 73.3 Å². The van der Waals surface area contributed by atoms with Crippen molar-refractivity contribution in [1.29, 1.82) is 0 Å². The summed E-state index contributed by atoms with van der Waals surface area (Å²) in [5.41, 5.74) is 4.46. The molecule has 0 aliphatic heterocycles. The Morgan fingerprint density at radius 3 is 2.43 bits per heavy atom. The molecule has 2 rings (SSSR count). The summed E-state index contributed by atoms with van der Waals surface area (Å²) in [6.07, 6.45) is 8.80. The Hall–Kier alpha value is -2.87. The monoisotopic (exact) mass is 303 g/mol. The number of carbonyl (C=O) groups excluding carboxylic acids is 1. The zero-order valence-electron chi connectivity index (χ0n) is 13.1. The van der Waals surface area contributed by atoms with Gasteiger partial charge in [-0.25, -0.2) is 0 Å². The van der Waals surface area contributed by atoms with Crippen LogP contribution in [0, 0.1) is 0 Å². The van der Waals surface area contributed by atoms with Crippen LogP contribution in [-0.4, -0.2) is 6.29 Å². The van der Waals surface area contributed by atoms with Crippen LogP contribution in [0.15, 0.2) is 85.5 Å². The molecule has 0 spiro atoms. The summed E-state index contributed by atoms with van der Waals surface area (Å²) < 4.78 is 0. The second-order valence-electron chi connectivity index (χ2n) is 5.08. The van der Waals surface area contributed by atoms with Crippen LogP contribution in [0.25, 0.3) is 5.57 Å². The van der Waals surface area contributed by atoms with Gasteiger partial charge in [0.1, 0.15) is 6.29 Å². The fraction of sp³-hybridized carbons (Fsp3) is 0.0952. The van der Waals surface area contributed by atoms with Gasteiger partial charge in [0.15, 0.2) is 0 Å². The number of allylic oxidation sites excluding steroid dienone is 5. The summed E-state index contributed by atoms with van der Waals surface area (Å²) in [4.78, 5) is 10.4. The highest BCUT2D eigenvalue weighted by Gasteiger charge is 1.98. The van der Waals surface area contributed by atoms with E-state index in [0.717, 1.165) is 29.7 Å². The van der Waals surface area contributed by atoms with Crippen molar-refractivity contribution in [1.82, 2.24) is 0 Å². The van der Waals surface area contributed by atoms with Crippen molar-refractivity contribution in [2.45, 2.75) is 13.0 Å². The highest BCUT2D eigenvalue weighted by atomic mass is 16.1.